The number of benzene rings is 2. The number of hydrogen-bond donors (Lipinski definition) is 3. The Labute approximate surface area is 178 Å². The zero-order valence-electron chi connectivity index (χ0n) is 17.4. The summed E-state index contributed by atoms with van der Waals surface area (Å²) in [5.74, 6) is -1.36. The number of carbonyl (C=O) groups excluding carboxylic acids is 2. The van der Waals surface area contributed by atoms with Crippen LogP contribution in [0.2, 0.25) is 0 Å². The molecular formula is C23H22N2O6. The lowest BCUT2D eigenvalue weighted by Crippen LogP contribution is -2.48. The summed E-state index contributed by atoms with van der Waals surface area (Å²) in [4.78, 5) is 32.0. The van der Waals surface area contributed by atoms with E-state index in [1.165, 1.54) is 13.2 Å². The fourth-order valence-electron chi connectivity index (χ4n) is 5.07. The van der Waals surface area contributed by atoms with E-state index in [0.717, 1.165) is 5.71 Å². The number of nitrogens with one attached hydrogen (secondary N) is 1. The van der Waals surface area contributed by atoms with Gasteiger partial charge in [0.1, 0.15) is 23.9 Å². The number of oxime groups is 1. The van der Waals surface area contributed by atoms with Gasteiger partial charge in [-0.25, -0.2) is 0 Å². The minimum Gasteiger partial charge on any atom is -0.507 e. The summed E-state index contributed by atoms with van der Waals surface area (Å²) in [5.41, 5.74) is 0.952. The second-order valence-corrected chi connectivity index (χ2v) is 8.25. The van der Waals surface area contributed by atoms with E-state index < -0.39 is 17.1 Å². The lowest BCUT2D eigenvalue weighted by Gasteiger charge is -2.35. The highest BCUT2D eigenvalue weighted by Gasteiger charge is 2.51. The molecule has 0 radical (unpaired) electrons. The molecule has 8 nitrogen and oxygen atoms in total. The molecule has 2 unspecified atom stereocenters. The molecular weight excluding hydrogens is 400 g/mol. The first-order chi connectivity index (χ1) is 14.8. The van der Waals surface area contributed by atoms with Crippen molar-refractivity contribution < 1.29 is 29.4 Å². The number of ether oxygens (including phenoxy) is 1. The Morgan fingerprint density at radius 2 is 1.90 bits per heavy atom. The van der Waals surface area contributed by atoms with Crippen molar-refractivity contribution in [1.29, 1.82) is 0 Å². The van der Waals surface area contributed by atoms with Gasteiger partial charge >= 0.3 is 0 Å². The smallest absolute Gasteiger partial charge is 0.202 e. The lowest BCUT2D eigenvalue weighted by molar-refractivity contribution is 0.0971. The van der Waals surface area contributed by atoms with Crippen LogP contribution in [0.3, 0.4) is 0 Å². The minimum atomic E-state index is -0.589. The van der Waals surface area contributed by atoms with Crippen LogP contribution in [0.1, 0.15) is 69.3 Å². The molecule has 0 saturated carbocycles. The Morgan fingerprint density at radius 3 is 2.61 bits per heavy atom. The van der Waals surface area contributed by atoms with Gasteiger partial charge in [0.05, 0.1) is 35.1 Å². The van der Waals surface area contributed by atoms with Gasteiger partial charge in [-0.2, -0.15) is 0 Å². The third-order valence-electron chi connectivity index (χ3n) is 6.47. The first-order valence-corrected chi connectivity index (χ1v) is 10.2. The highest BCUT2D eigenvalue weighted by Crippen LogP contribution is 2.52. The van der Waals surface area contributed by atoms with Crippen LogP contribution in [0.4, 0.5) is 0 Å². The number of rotatable bonds is 3. The number of carbonyl (C=O) groups is 2. The molecule has 3 N–H and O–H groups in total. The molecule has 2 aromatic carbocycles. The Morgan fingerprint density at radius 1 is 1.16 bits per heavy atom. The molecule has 2 aliphatic heterocycles. The summed E-state index contributed by atoms with van der Waals surface area (Å²) in [7, 11) is 1.41. The largest absolute Gasteiger partial charge is 0.507 e. The highest BCUT2D eigenvalue weighted by molar-refractivity contribution is 6.31. The molecule has 3 aliphatic rings. The minimum absolute atomic E-state index is 0.0933. The van der Waals surface area contributed by atoms with Crippen LogP contribution in [-0.2, 0) is 11.3 Å². The van der Waals surface area contributed by atoms with Crippen molar-refractivity contribution in [3.63, 3.8) is 0 Å². The number of aromatic hydroxyl groups is 2. The first-order valence-electron chi connectivity index (χ1n) is 10.2. The SMILES string of the molecule is CCO/N=C1\CC2NC1(C)Cc1c(O)c3c(c(O)c12)C(=O)c1c(OC)cccc1C3=O. The van der Waals surface area contributed by atoms with Crippen molar-refractivity contribution in [3.8, 4) is 17.2 Å². The third-order valence-corrected chi connectivity index (χ3v) is 6.47. The number of fused-ring (bicyclic) bond motifs is 6. The van der Waals surface area contributed by atoms with Crippen LogP contribution in [0.5, 0.6) is 17.2 Å². The Bertz CT molecular complexity index is 1200. The van der Waals surface area contributed by atoms with E-state index in [9.17, 15) is 19.8 Å². The molecule has 0 aromatic heterocycles. The van der Waals surface area contributed by atoms with Crippen LogP contribution >= 0.6 is 0 Å². The molecule has 2 atom stereocenters. The molecule has 1 aliphatic carbocycles. The number of hydrogen-bond acceptors (Lipinski definition) is 8. The summed E-state index contributed by atoms with van der Waals surface area (Å²) >= 11 is 0. The van der Waals surface area contributed by atoms with Gasteiger partial charge in [-0.3, -0.25) is 14.9 Å². The van der Waals surface area contributed by atoms with E-state index in [0.29, 0.717) is 30.6 Å². The van der Waals surface area contributed by atoms with E-state index in [1.807, 2.05) is 13.8 Å². The Kier molecular flexibility index (Phi) is 4.14. The maximum atomic E-state index is 13.4. The van der Waals surface area contributed by atoms with Gasteiger partial charge < -0.3 is 19.8 Å². The van der Waals surface area contributed by atoms with E-state index >= 15 is 0 Å². The Hall–Kier alpha value is -3.39. The van der Waals surface area contributed by atoms with Gasteiger partial charge in [-0.15, -0.1) is 0 Å². The standard InChI is InChI=1S/C23H22N2O6/c1-4-31-25-14-8-12-15-11(9-23(14,2)24-12)20(27)17-18(21(15)28)22(29)16-10(19(17)26)6-5-7-13(16)30-3/h5-7,12,24,27-28H,4,8-9H2,1-3H3/b25-14+. The number of phenolic OH excluding ortho intramolecular Hbond substituents is 2. The molecule has 1 saturated heterocycles. The molecule has 160 valence electrons. The summed E-state index contributed by atoms with van der Waals surface area (Å²) in [6.45, 7) is 4.20. The second kappa shape index (κ2) is 6.55. The number of methoxy groups -OCH3 is 1. The van der Waals surface area contributed by atoms with E-state index in [1.54, 1.807) is 12.1 Å². The van der Waals surface area contributed by atoms with Crippen LogP contribution in [0.25, 0.3) is 0 Å². The van der Waals surface area contributed by atoms with Crippen molar-refractivity contribution >= 4 is 17.3 Å². The van der Waals surface area contributed by atoms with Gasteiger partial charge in [-0.05, 0) is 26.3 Å². The van der Waals surface area contributed by atoms with Crippen LogP contribution in [-0.4, -0.2) is 46.7 Å². The number of nitrogens with zero attached hydrogens (tertiary/aromatic N) is 1. The van der Waals surface area contributed by atoms with Crippen molar-refractivity contribution in [2.24, 2.45) is 5.16 Å². The molecule has 5 rings (SSSR count). The molecule has 1 fully saturated rings. The van der Waals surface area contributed by atoms with E-state index in [-0.39, 0.29) is 45.5 Å². The van der Waals surface area contributed by atoms with E-state index in [2.05, 4.69) is 10.5 Å². The van der Waals surface area contributed by atoms with Crippen molar-refractivity contribution in [1.82, 2.24) is 5.32 Å². The summed E-state index contributed by atoms with van der Waals surface area (Å²) in [5, 5.41) is 30.0. The predicted molar refractivity (Wildman–Crippen MR) is 111 cm³/mol. The Balaban J connectivity index is 1.74. The molecule has 2 heterocycles. The number of ketones is 2. The topological polar surface area (TPSA) is 117 Å². The second-order valence-electron chi connectivity index (χ2n) is 8.25. The van der Waals surface area contributed by atoms with Gasteiger partial charge in [0.25, 0.3) is 0 Å². The molecule has 0 amide bonds. The van der Waals surface area contributed by atoms with Crippen LogP contribution < -0.4 is 10.1 Å². The molecule has 2 bridgehead atoms. The average Bonchev–Trinajstić information content (AvgIpc) is 3.01. The zero-order chi connectivity index (χ0) is 22.1. The van der Waals surface area contributed by atoms with E-state index in [4.69, 9.17) is 9.57 Å². The van der Waals surface area contributed by atoms with Gasteiger partial charge in [-0.1, -0.05) is 17.3 Å². The zero-order valence-corrected chi connectivity index (χ0v) is 17.4. The van der Waals surface area contributed by atoms with Gasteiger partial charge in [0.2, 0.25) is 5.78 Å². The maximum Gasteiger partial charge on any atom is 0.202 e. The van der Waals surface area contributed by atoms with Crippen molar-refractivity contribution in [2.75, 3.05) is 13.7 Å². The fourth-order valence-corrected chi connectivity index (χ4v) is 5.07. The maximum absolute atomic E-state index is 13.4. The molecule has 0 spiro atoms. The van der Waals surface area contributed by atoms with Crippen molar-refractivity contribution in [3.05, 3.63) is 51.6 Å². The summed E-state index contributed by atoms with van der Waals surface area (Å²) in [6.07, 6.45) is 0.751. The molecule has 31 heavy (non-hydrogen) atoms. The monoisotopic (exact) mass is 422 g/mol. The highest BCUT2D eigenvalue weighted by atomic mass is 16.6. The summed E-state index contributed by atoms with van der Waals surface area (Å²) in [6, 6.07) is 4.36. The van der Waals surface area contributed by atoms with Crippen molar-refractivity contribution in [2.45, 2.75) is 38.3 Å². The van der Waals surface area contributed by atoms with Crippen LogP contribution in [0.15, 0.2) is 23.4 Å². The number of phenols is 2. The average molecular weight is 422 g/mol. The molecule has 2 aromatic rings. The third kappa shape index (κ3) is 2.48. The molecule has 8 heteroatoms. The lowest BCUT2D eigenvalue weighted by atomic mass is 9.77. The van der Waals surface area contributed by atoms with Crippen LogP contribution in [0, 0.1) is 0 Å². The normalized spacial score (nSPS) is 24.6. The first kappa shape index (κ1) is 19.6. The van der Waals surface area contributed by atoms with Gasteiger partial charge in [0.15, 0.2) is 5.78 Å². The fraction of sp³-hybridized carbons (Fsp3) is 0.348. The van der Waals surface area contributed by atoms with Gasteiger partial charge in [0, 0.05) is 29.2 Å². The quantitative estimate of drug-likeness (QED) is 0.439. The predicted octanol–water partition coefficient (Wildman–Crippen LogP) is 2.62. The summed E-state index contributed by atoms with van der Waals surface area (Å²) < 4.78 is 5.28.